The smallest absolute Gasteiger partial charge is 0.146 e. The van der Waals surface area contributed by atoms with E-state index >= 15 is 0 Å². The summed E-state index contributed by atoms with van der Waals surface area (Å²) >= 11 is 6.13. The first-order valence-corrected chi connectivity index (χ1v) is 6.21. The highest BCUT2D eigenvalue weighted by molar-refractivity contribution is 6.35. The van der Waals surface area contributed by atoms with Gasteiger partial charge in [0.1, 0.15) is 6.29 Å². The third-order valence-electron chi connectivity index (χ3n) is 2.87. The minimum atomic E-state index is 0.192. The Labute approximate surface area is 111 Å². The molecule has 0 amide bonds. The zero-order valence-corrected chi connectivity index (χ0v) is 11.1. The summed E-state index contributed by atoms with van der Waals surface area (Å²) < 4.78 is 0. The molecule has 0 atom stereocenters. The van der Waals surface area contributed by atoms with Crippen LogP contribution < -0.4 is 0 Å². The lowest BCUT2D eigenvalue weighted by Gasteiger charge is -2.07. The maximum absolute atomic E-state index is 11.0. The summed E-state index contributed by atoms with van der Waals surface area (Å²) in [5.41, 5.74) is 2.50. The fourth-order valence-corrected chi connectivity index (χ4v) is 2.01. The number of benzene rings is 1. The zero-order chi connectivity index (χ0) is 13.1. The van der Waals surface area contributed by atoms with E-state index in [1.807, 2.05) is 44.2 Å². The van der Waals surface area contributed by atoms with E-state index in [0.29, 0.717) is 5.02 Å². The van der Waals surface area contributed by atoms with Crippen LogP contribution in [0, 0.1) is 5.92 Å². The Balaban J connectivity index is 2.66. The van der Waals surface area contributed by atoms with Crippen molar-refractivity contribution < 1.29 is 4.79 Å². The second-order valence-corrected chi connectivity index (χ2v) is 4.86. The molecule has 2 rings (SSSR count). The molecule has 18 heavy (non-hydrogen) atoms. The predicted molar refractivity (Wildman–Crippen MR) is 75.6 cm³/mol. The summed E-state index contributed by atoms with van der Waals surface area (Å²) in [6.07, 6.45) is 4.50. The highest BCUT2D eigenvalue weighted by Crippen LogP contribution is 2.26. The van der Waals surface area contributed by atoms with E-state index in [-0.39, 0.29) is 5.92 Å². The molecule has 0 spiro atoms. The molecule has 0 aliphatic carbocycles. The average molecular weight is 260 g/mol. The monoisotopic (exact) mass is 259 g/mol. The lowest BCUT2D eigenvalue weighted by atomic mass is 10.0. The summed E-state index contributed by atoms with van der Waals surface area (Å²) in [6.45, 7) is 3.98. The molecule has 0 fully saturated rings. The Kier molecular flexibility index (Phi) is 3.78. The maximum atomic E-state index is 11.0. The van der Waals surface area contributed by atoms with E-state index in [9.17, 15) is 4.79 Å². The second-order valence-electron chi connectivity index (χ2n) is 4.45. The Hall–Kier alpha value is -1.67. The maximum Gasteiger partial charge on any atom is 0.146 e. The molecule has 0 N–H and O–H groups in total. The molecule has 2 nitrogen and oxygen atoms in total. The summed E-state index contributed by atoms with van der Waals surface area (Å²) in [5, 5.41) is 1.58. The van der Waals surface area contributed by atoms with Gasteiger partial charge in [0.15, 0.2) is 0 Å². The van der Waals surface area contributed by atoms with Crippen molar-refractivity contribution in [1.29, 1.82) is 0 Å². The highest BCUT2D eigenvalue weighted by atomic mass is 35.5. The van der Waals surface area contributed by atoms with Crippen LogP contribution >= 0.6 is 11.6 Å². The summed E-state index contributed by atoms with van der Waals surface area (Å²) in [5.74, 6) is 0.192. The number of aromatic nitrogens is 1. The topological polar surface area (TPSA) is 30.0 Å². The molecule has 0 unspecified atom stereocenters. The zero-order valence-electron chi connectivity index (χ0n) is 10.4. The number of aldehydes is 1. The molecule has 2 aromatic rings. The Morgan fingerprint density at radius 2 is 2.11 bits per heavy atom. The molecule has 1 heterocycles. The van der Waals surface area contributed by atoms with E-state index < -0.39 is 0 Å². The van der Waals surface area contributed by atoms with E-state index in [2.05, 4.69) is 4.98 Å². The number of halogens is 1. The number of carbonyl (C=O) groups is 1. The molecule has 0 saturated carbocycles. The quantitative estimate of drug-likeness (QED) is 0.613. The van der Waals surface area contributed by atoms with Gasteiger partial charge in [0.25, 0.3) is 0 Å². The molecule has 0 aliphatic heterocycles. The van der Waals surface area contributed by atoms with Crippen molar-refractivity contribution >= 4 is 34.9 Å². The van der Waals surface area contributed by atoms with Crippen LogP contribution in [-0.2, 0) is 4.79 Å². The average Bonchev–Trinajstić information content (AvgIpc) is 2.38. The SMILES string of the molecule is CC(C)/C(C=O)=C/c1ccc(Cl)c2cccnc12. The molecule has 0 radical (unpaired) electrons. The van der Waals surface area contributed by atoms with Gasteiger partial charge in [-0.1, -0.05) is 31.5 Å². The number of hydrogen-bond donors (Lipinski definition) is 0. The minimum absolute atomic E-state index is 0.192. The van der Waals surface area contributed by atoms with Gasteiger partial charge in [-0.15, -0.1) is 0 Å². The molecular formula is C15H14ClNO. The van der Waals surface area contributed by atoms with Gasteiger partial charge in [0.05, 0.1) is 10.5 Å². The van der Waals surface area contributed by atoms with Crippen molar-refractivity contribution in [2.75, 3.05) is 0 Å². The molecule has 0 saturated heterocycles. The Morgan fingerprint density at radius 3 is 2.78 bits per heavy atom. The molecule has 1 aromatic heterocycles. The first-order valence-electron chi connectivity index (χ1n) is 5.83. The molecule has 3 heteroatoms. The third kappa shape index (κ3) is 2.44. The second kappa shape index (κ2) is 5.32. The minimum Gasteiger partial charge on any atom is -0.298 e. The lowest BCUT2D eigenvalue weighted by Crippen LogP contribution is -1.95. The van der Waals surface area contributed by atoms with Crippen LogP contribution in [0.2, 0.25) is 5.02 Å². The van der Waals surface area contributed by atoms with Gasteiger partial charge in [-0.2, -0.15) is 0 Å². The van der Waals surface area contributed by atoms with Crippen LogP contribution in [0.1, 0.15) is 19.4 Å². The number of carbonyl (C=O) groups excluding carboxylic acids is 1. The Bertz CT molecular complexity index is 617. The summed E-state index contributed by atoms with van der Waals surface area (Å²) in [4.78, 5) is 15.4. The number of hydrogen-bond acceptors (Lipinski definition) is 2. The van der Waals surface area contributed by atoms with E-state index in [1.165, 1.54) is 0 Å². The molecular weight excluding hydrogens is 246 g/mol. The van der Waals surface area contributed by atoms with Gasteiger partial charge in [-0.25, -0.2) is 0 Å². The standard InChI is InChI=1S/C15H14ClNO/c1-10(2)12(9-18)8-11-5-6-14(16)13-4-3-7-17-15(11)13/h3-10H,1-2H3/b12-8+. The van der Waals surface area contributed by atoms with Crippen LogP contribution in [0.4, 0.5) is 0 Å². The van der Waals surface area contributed by atoms with E-state index in [4.69, 9.17) is 11.6 Å². The van der Waals surface area contributed by atoms with Crippen molar-refractivity contribution in [1.82, 2.24) is 4.98 Å². The molecule has 1 aromatic carbocycles. The van der Waals surface area contributed by atoms with Gasteiger partial charge in [-0.05, 0) is 35.8 Å². The van der Waals surface area contributed by atoms with Crippen molar-refractivity contribution in [2.45, 2.75) is 13.8 Å². The van der Waals surface area contributed by atoms with Crippen LogP contribution in [0.5, 0.6) is 0 Å². The fourth-order valence-electron chi connectivity index (χ4n) is 1.79. The number of nitrogens with zero attached hydrogens (tertiary/aromatic N) is 1. The van der Waals surface area contributed by atoms with Crippen LogP contribution in [0.25, 0.3) is 17.0 Å². The molecule has 0 bridgehead atoms. The number of rotatable bonds is 3. The number of pyridine rings is 1. The molecule has 92 valence electrons. The number of fused-ring (bicyclic) bond motifs is 1. The predicted octanol–water partition coefficient (Wildman–Crippen LogP) is 4.13. The molecule has 0 aliphatic rings. The van der Waals surface area contributed by atoms with Crippen LogP contribution in [0.3, 0.4) is 0 Å². The lowest BCUT2D eigenvalue weighted by molar-refractivity contribution is -0.105. The van der Waals surface area contributed by atoms with Crippen LogP contribution in [0.15, 0.2) is 36.0 Å². The van der Waals surface area contributed by atoms with Gasteiger partial charge < -0.3 is 0 Å². The normalized spacial score (nSPS) is 12.1. The highest BCUT2D eigenvalue weighted by Gasteiger charge is 2.07. The van der Waals surface area contributed by atoms with Gasteiger partial charge in [0, 0.05) is 17.1 Å². The Morgan fingerprint density at radius 1 is 1.33 bits per heavy atom. The largest absolute Gasteiger partial charge is 0.298 e. The summed E-state index contributed by atoms with van der Waals surface area (Å²) in [6, 6.07) is 7.51. The van der Waals surface area contributed by atoms with Crippen molar-refractivity contribution in [3.05, 3.63) is 46.6 Å². The van der Waals surface area contributed by atoms with Crippen molar-refractivity contribution in [2.24, 2.45) is 5.92 Å². The number of allylic oxidation sites excluding steroid dienone is 1. The van der Waals surface area contributed by atoms with Gasteiger partial charge in [-0.3, -0.25) is 9.78 Å². The van der Waals surface area contributed by atoms with Crippen LogP contribution in [-0.4, -0.2) is 11.3 Å². The first-order chi connectivity index (χ1) is 8.63. The van der Waals surface area contributed by atoms with Gasteiger partial charge >= 0.3 is 0 Å². The summed E-state index contributed by atoms with van der Waals surface area (Å²) in [7, 11) is 0. The van der Waals surface area contributed by atoms with E-state index in [0.717, 1.165) is 28.3 Å². The van der Waals surface area contributed by atoms with E-state index in [1.54, 1.807) is 6.20 Å². The third-order valence-corrected chi connectivity index (χ3v) is 3.20. The fraction of sp³-hybridized carbons (Fsp3) is 0.200. The first kappa shape index (κ1) is 12.8. The van der Waals surface area contributed by atoms with Crippen molar-refractivity contribution in [3.63, 3.8) is 0 Å². The van der Waals surface area contributed by atoms with Crippen molar-refractivity contribution in [3.8, 4) is 0 Å². The van der Waals surface area contributed by atoms with Gasteiger partial charge in [0.2, 0.25) is 0 Å².